The molecule has 7 heteroatoms. The molecule has 3 aromatic rings. The van der Waals surface area contributed by atoms with Crippen LogP contribution in [0.25, 0.3) is 16.3 Å². The molecule has 4 atom stereocenters. The van der Waals surface area contributed by atoms with Gasteiger partial charge in [0.05, 0.1) is 28.6 Å². The van der Waals surface area contributed by atoms with Gasteiger partial charge in [-0.05, 0) is 48.3 Å². The van der Waals surface area contributed by atoms with Crippen LogP contribution in [-0.4, -0.2) is 32.8 Å². The van der Waals surface area contributed by atoms with Crippen molar-refractivity contribution in [2.75, 3.05) is 0 Å². The standard InChI is InChI=1S/C24H20N4O2S/c29-23-20-15-8-9-16(11-10-15)21(20)24(30)28(23)25-13-17-14-27(18-5-2-1-3-6-18)26-22(17)19-7-4-12-31-19/h1-9,12-16,20-21H,10-11H2/b25-13-/t15-,16+,20-,21-/m0/s1. The average Bonchev–Trinajstić information content (AvgIpc) is 3.54. The highest BCUT2D eigenvalue weighted by molar-refractivity contribution is 7.13. The topological polar surface area (TPSA) is 67.6 Å². The highest BCUT2D eigenvalue weighted by Gasteiger charge is 2.56. The lowest BCUT2D eigenvalue weighted by atomic mass is 9.63. The van der Waals surface area contributed by atoms with Crippen LogP contribution in [0.15, 0.2) is 71.3 Å². The summed E-state index contributed by atoms with van der Waals surface area (Å²) in [5.41, 5.74) is 2.48. The van der Waals surface area contributed by atoms with Gasteiger partial charge in [0.15, 0.2) is 0 Å². The summed E-state index contributed by atoms with van der Waals surface area (Å²) in [4.78, 5) is 27.1. The Morgan fingerprint density at radius 2 is 1.68 bits per heavy atom. The second-order valence-electron chi connectivity index (χ2n) is 8.26. The lowest BCUT2D eigenvalue weighted by Gasteiger charge is -2.37. The maximum absolute atomic E-state index is 13.0. The minimum Gasteiger partial charge on any atom is -0.272 e. The van der Waals surface area contributed by atoms with E-state index in [4.69, 9.17) is 5.10 Å². The molecule has 1 aliphatic heterocycles. The van der Waals surface area contributed by atoms with Crippen LogP contribution in [0.5, 0.6) is 0 Å². The predicted molar refractivity (Wildman–Crippen MR) is 119 cm³/mol. The molecule has 6 nitrogen and oxygen atoms in total. The Balaban J connectivity index is 1.36. The number of allylic oxidation sites excluding steroid dienone is 2. The smallest absolute Gasteiger partial charge is 0.254 e. The van der Waals surface area contributed by atoms with Crippen LogP contribution in [0, 0.1) is 23.7 Å². The summed E-state index contributed by atoms with van der Waals surface area (Å²) < 4.78 is 1.80. The summed E-state index contributed by atoms with van der Waals surface area (Å²) in [6, 6.07) is 13.8. The number of hydrogen-bond acceptors (Lipinski definition) is 5. The Morgan fingerprint density at radius 1 is 0.968 bits per heavy atom. The number of hydrazone groups is 1. The fourth-order valence-electron chi connectivity index (χ4n) is 5.09. The fourth-order valence-corrected chi connectivity index (χ4v) is 5.82. The van der Waals surface area contributed by atoms with E-state index in [1.807, 2.05) is 54.0 Å². The van der Waals surface area contributed by atoms with E-state index >= 15 is 0 Å². The predicted octanol–water partition coefficient (Wildman–Crippen LogP) is 4.13. The molecule has 2 amide bonds. The molecule has 0 unspecified atom stereocenters. The van der Waals surface area contributed by atoms with Crippen molar-refractivity contribution in [1.82, 2.24) is 14.8 Å². The van der Waals surface area contributed by atoms with Gasteiger partial charge >= 0.3 is 0 Å². The van der Waals surface area contributed by atoms with E-state index < -0.39 is 0 Å². The van der Waals surface area contributed by atoms with Crippen molar-refractivity contribution in [3.05, 3.63) is 71.8 Å². The van der Waals surface area contributed by atoms with Gasteiger partial charge in [0.2, 0.25) is 0 Å². The number of amides is 2. The second-order valence-corrected chi connectivity index (χ2v) is 9.21. The van der Waals surface area contributed by atoms with Gasteiger partial charge in [-0.2, -0.15) is 15.2 Å². The number of carbonyl (C=O) groups is 2. The largest absolute Gasteiger partial charge is 0.272 e. The van der Waals surface area contributed by atoms with E-state index in [-0.39, 0.29) is 35.5 Å². The van der Waals surface area contributed by atoms with Crippen molar-refractivity contribution >= 4 is 29.4 Å². The Hall–Kier alpha value is -3.32. The summed E-state index contributed by atoms with van der Waals surface area (Å²) in [5, 5.41) is 12.2. The molecule has 3 heterocycles. The fraction of sp³-hybridized carbons (Fsp3) is 0.250. The van der Waals surface area contributed by atoms with Crippen LogP contribution < -0.4 is 0 Å². The third-order valence-electron chi connectivity index (χ3n) is 6.57. The lowest BCUT2D eigenvalue weighted by molar-refractivity contribution is -0.140. The maximum atomic E-state index is 13.0. The molecule has 0 spiro atoms. The summed E-state index contributed by atoms with van der Waals surface area (Å²) >= 11 is 1.59. The minimum absolute atomic E-state index is 0.161. The molecule has 2 bridgehead atoms. The van der Waals surface area contributed by atoms with Crippen molar-refractivity contribution in [2.45, 2.75) is 12.8 Å². The maximum Gasteiger partial charge on any atom is 0.254 e. The Morgan fingerprint density at radius 3 is 2.29 bits per heavy atom. The van der Waals surface area contributed by atoms with Gasteiger partial charge in [-0.1, -0.05) is 36.4 Å². The zero-order chi connectivity index (χ0) is 20.9. The van der Waals surface area contributed by atoms with Crippen molar-refractivity contribution in [2.24, 2.45) is 28.8 Å². The van der Waals surface area contributed by atoms with E-state index in [1.165, 1.54) is 0 Å². The van der Waals surface area contributed by atoms with Gasteiger partial charge in [-0.3, -0.25) is 9.59 Å². The molecule has 0 radical (unpaired) electrons. The van der Waals surface area contributed by atoms with Crippen LogP contribution >= 0.6 is 11.3 Å². The number of imide groups is 1. The minimum atomic E-state index is -0.253. The number of thiophene rings is 1. The van der Waals surface area contributed by atoms with Gasteiger partial charge in [0.1, 0.15) is 5.69 Å². The molecule has 2 aromatic heterocycles. The van der Waals surface area contributed by atoms with Gasteiger partial charge in [0, 0.05) is 11.8 Å². The first-order valence-electron chi connectivity index (χ1n) is 10.5. The number of rotatable bonds is 4. The van der Waals surface area contributed by atoms with Gasteiger partial charge in [-0.25, -0.2) is 4.68 Å². The number of carbonyl (C=O) groups excluding carboxylic acids is 2. The van der Waals surface area contributed by atoms with Crippen molar-refractivity contribution < 1.29 is 9.59 Å². The number of aromatic nitrogens is 2. The number of para-hydroxylation sites is 1. The zero-order valence-corrected chi connectivity index (χ0v) is 17.5. The molecule has 2 fully saturated rings. The van der Waals surface area contributed by atoms with Gasteiger partial charge in [-0.15, -0.1) is 11.3 Å². The Labute approximate surface area is 183 Å². The molecule has 1 saturated carbocycles. The quantitative estimate of drug-likeness (QED) is 0.356. The number of nitrogens with zero attached hydrogens (tertiary/aromatic N) is 4. The third kappa shape index (κ3) is 2.91. The molecule has 1 saturated heterocycles. The van der Waals surface area contributed by atoms with Crippen LogP contribution in [0.2, 0.25) is 0 Å². The number of benzene rings is 1. The number of hydrogen-bond donors (Lipinski definition) is 0. The first-order chi connectivity index (χ1) is 15.2. The number of fused-ring (bicyclic) bond motifs is 1. The first kappa shape index (κ1) is 18.4. The van der Waals surface area contributed by atoms with Crippen LogP contribution in [0.4, 0.5) is 0 Å². The van der Waals surface area contributed by atoms with Crippen molar-refractivity contribution in [1.29, 1.82) is 0 Å². The molecular formula is C24H20N4O2S. The Bertz CT molecular complexity index is 1180. The van der Waals surface area contributed by atoms with Crippen molar-refractivity contribution in [3.8, 4) is 16.3 Å². The van der Waals surface area contributed by atoms with Crippen LogP contribution in [0.1, 0.15) is 18.4 Å². The molecular weight excluding hydrogens is 408 g/mol. The van der Waals surface area contributed by atoms with Crippen LogP contribution in [0.3, 0.4) is 0 Å². The Kier molecular flexibility index (Phi) is 4.24. The molecule has 154 valence electrons. The third-order valence-corrected chi connectivity index (χ3v) is 7.44. The van der Waals surface area contributed by atoms with E-state index in [0.717, 1.165) is 39.7 Å². The summed E-state index contributed by atoms with van der Waals surface area (Å²) in [6.07, 6.45) is 9.68. The van der Waals surface area contributed by atoms with E-state index in [0.29, 0.717) is 0 Å². The normalized spacial score (nSPS) is 26.9. The van der Waals surface area contributed by atoms with E-state index in [2.05, 4.69) is 17.3 Å². The first-order valence-corrected chi connectivity index (χ1v) is 11.4. The summed E-state index contributed by atoms with van der Waals surface area (Å²) in [5.74, 6) is -0.519. The molecule has 4 aliphatic rings. The zero-order valence-electron chi connectivity index (χ0n) is 16.7. The lowest BCUT2D eigenvalue weighted by Crippen LogP contribution is -2.38. The SMILES string of the molecule is O=C1[C@@H]2[C@@H](C(=O)N1/N=C\c1cn(-c3ccccc3)nc1-c1cccs1)[C@H]1C=C[C@@H]2CC1. The second kappa shape index (κ2) is 7.13. The van der Waals surface area contributed by atoms with Crippen molar-refractivity contribution in [3.63, 3.8) is 0 Å². The van der Waals surface area contributed by atoms with E-state index in [1.54, 1.807) is 22.2 Å². The highest BCUT2D eigenvalue weighted by atomic mass is 32.1. The average molecular weight is 429 g/mol. The molecule has 3 aliphatic carbocycles. The monoisotopic (exact) mass is 428 g/mol. The molecule has 31 heavy (non-hydrogen) atoms. The van der Waals surface area contributed by atoms with E-state index in [9.17, 15) is 9.59 Å². The van der Waals surface area contributed by atoms with Crippen LogP contribution in [-0.2, 0) is 9.59 Å². The molecule has 1 aromatic carbocycles. The van der Waals surface area contributed by atoms with Gasteiger partial charge in [0.25, 0.3) is 11.8 Å². The van der Waals surface area contributed by atoms with Gasteiger partial charge < -0.3 is 0 Å². The molecule has 0 N–H and O–H groups in total. The summed E-state index contributed by atoms with van der Waals surface area (Å²) in [6.45, 7) is 0. The highest BCUT2D eigenvalue weighted by Crippen LogP contribution is 2.49. The molecule has 7 rings (SSSR count). The summed E-state index contributed by atoms with van der Waals surface area (Å²) in [7, 11) is 0.